The second-order valence-electron chi connectivity index (χ2n) is 6.76. The first-order valence-electron chi connectivity index (χ1n) is 8.76. The van der Waals surface area contributed by atoms with Crippen LogP contribution in [0.5, 0.6) is 0 Å². The normalized spacial score (nSPS) is 26.6. The maximum absolute atomic E-state index is 5.90. The lowest BCUT2D eigenvalue weighted by Gasteiger charge is -2.23. The number of nitrogens with zero attached hydrogens (tertiary/aromatic N) is 4. The molecule has 0 bridgehead atoms. The van der Waals surface area contributed by atoms with Crippen LogP contribution in [0, 0.1) is 0 Å². The van der Waals surface area contributed by atoms with Crippen molar-refractivity contribution < 1.29 is 4.74 Å². The predicted octanol–water partition coefficient (Wildman–Crippen LogP) is 3.80. The second kappa shape index (κ2) is 5.67. The molecule has 0 N–H and O–H groups in total. The maximum Gasteiger partial charge on any atom is 0.165 e. The lowest BCUT2D eigenvalue weighted by atomic mass is 10.1. The van der Waals surface area contributed by atoms with Crippen LogP contribution in [-0.4, -0.2) is 26.1 Å². The third-order valence-electron chi connectivity index (χ3n) is 5.22. The molecular weight excluding hydrogens is 300 g/mol. The molecule has 3 atom stereocenters. The number of imidazole rings is 1. The van der Waals surface area contributed by atoms with Crippen LogP contribution in [-0.2, 0) is 4.74 Å². The van der Waals surface area contributed by atoms with E-state index >= 15 is 0 Å². The molecule has 1 unspecified atom stereocenters. The van der Waals surface area contributed by atoms with E-state index < -0.39 is 0 Å². The Balaban J connectivity index is 1.49. The highest BCUT2D eigenvalue weighted by Crippen LogP contribution is 2.55. The van der Waals surface area contributed by atoms with Crippen LogP contribution >= 0.6 is 0 Å². The predicted molar refractivity (Wildman–Crippen MR) is 90.7 cm³/mol. The van der Waals surface area contributed by atoms with Gasteiger partial charge in [0.2, 0.25) is 0 Å². The van der Waals surface area contributed by atoms with Gasteiger partial charge in [0.1, 0.15) is 18.1 Å². The first kappa shape index (κ1) is 14.1. The number of hydrogen-bond donors (Lipinski definition) is 0. The summed E-state index contributed by atoms with van der Waals surface area (Å²) in [5.41, 5.74) is 4.33. The molecule has 3 heterocycles. The number of ether oxygens (including phenoxy) is 1. The van der Waals surface area contributed by atoms with Crippen molar-refractivity contribution in [3.63, 3.8) is 0 Å². The molecule has 5 heteroatoms. The monoisotopic (exact) mass is 320 g/mol. The molecule has 0 spiro atoms. The van der Waals surface area contributed by atoms with E-state index in [2.05, 4.69) is 49.9 Å². The Morgan fingerprint density at radius 2 is 1.92 bits per heavy atom. The Bertz CT molecular complexity index is 854. The number of aromatic nitrogens is 4. The van der Waals surface area contributed by atoms with Crippen LogP contribution in [0.4, 0.5) is 0 Å². The summed E-state index contributed by atoms with van der Waals surface area (Å²) in [6.45, 7) is 0.820. The molecule has 2 fully saturated rings. The molecule has 1 aromatic carbocycles. The zero-order chi connectivity index (χ0) is 15.9. The SMILES string of the molecule is c1ccc([C@H]2C[C@@H]2c2ncnc3c2ncn3C2CCCCO2)cc1. The Morgan fingerprint density at radius 3 is 2.75 bits per heavy atom. The molecule has 1 saturated heterocycles. The summed E-state index contributed by atoms with van der Waals surface area (Å²) in [7, 11) is 0. The van der Waals surface area contributed by atoms with Gasteiger partial charge in [-0.05, 0) is 37.2 Å². The molecule has 1 aliphatic carbocycles. The summed E-state index contributed by atoms with van der Waals surface area (Å²) in [5.74, 6) is 1.01. The molecule has 5 nitrogen and oxygen atoms in total. The smallest absolute Gasteiger partial charge is 0.165 e. The maximum atomic E-state index is 5.90. The fourth-order valence-electron chi connectivity index (χ4n) is 3.86. The summed E-state index contributed by atoms with van der Waals surface area (Å²) in [4.78, 5) is 13.7. The van der Waals surface area contributed by atoms with Crippen molar-refractivity contribution in [2.24, 2.45) is 0 Å². The van der Waals surface area contributed by atoms with Crippen molar-refractivity contribution in [3.05, 3.63) is 54.2 Å². The summed E-state index contributed by atoms with van der Waals surface area (Å²) < 4.78 is 7.98. The van der Waals surface area contributed by atoms with E-state index in [9.17, 15) is 0 Å². The number of hydrogen-bond acceptors (Lipinski definition) is 4. The lowest BCUT2D eigenvalue weighted by molar-refractivity contribution is -0.0298. The molecular formula is C19H20N4O. The highest BCUT2D eigenvalue weighted by atomic mass is 16.5. The number of benzene rings is 1. The van der Waals surface area contributed by atoms with Crippen molar-refractivity contribution >= 4 is 11.2 Å². The van der Waals surface area contributed by atoms with Crippen molar-refractivity contribution in [1.29, 1.82) is 0 Å². The highest BCUT2D eigenvalue weighted by molar-refractivity contribution is 5.74. The van der Waals surface area contributed by atoms with Gasteiger partial charge in [0.25, 0.3) is 0 Å². The molecule has 2 aliphatic rings. The molecule has 122 valence electrons. The van der Waals surface area contributed by atoms with E-state index in [1.807, 2.05) is 6.33 Å². The average molecular weight is 320 g/mol. The average Bonchev–Trinajstić information content (AvgIpc) is 3.34. The van der Waals surface area contributed by atoms with E-state index in [0.29, 0.717) is 11.8 Å². The molecule has 2 aromatic heterocycles. The van der Waals surface area contributed by atoms with Crippen LogP contribution in [0.15, 0.2) is 43.0 Å². The molecule has 3 aromatic rings. The summed E-state index contributed by atoms with van der Waals surface area (Å²) in [5, 5.41) is 0. The van der Waals surface area contributed by atoms with Crippen molar-refractivity contribution in [2.75, 3.05) is 6.61 Å². The van der Waals surface area contributed by atoms with Crippen molar-refractivity contribution in [1.82, 2.24) is 19.5 Å². The van der Waals surface area contributed by atoms with Gasteiger partial charge in [-0.15, -0.1) is 0 Å². The second-order valence-corrected chi connectivity index (χ2v) is 6.76. The Morgan fingerprint density at radius 1 is 1.00 bits per heavy atom. The minimum atomic E-state index is 0.0654. The Kier molecular flexibility index (Phi) is 3.33. The highest BCUT2D eigenvalue weighted by Gasteiger charge is 2.42. The van der Waals surface area contributed by atoms with Gasteiger partial charge >= 0.3 is 0 Å². The molecule has 5 rings (SSSR count). The third kappa shape index (κ3) is 2.31. The van der Waals surface area contributed by atoms with Crippen LogP contribution < -0.4 is 0 Å². The van der Waals surface area contributed by atoms with Gasteiger partial charge in [-0.25, -0.2) is 15.0 Å². The Labute approximate surface area is 140 Å². The molecule has 0 radical (unpaired) electrons. The van der Waals surface area contributed by atoms with Gasteiger partial charge in [-0.2, -0.15) is 0 Å². The standard InChI is InChI=1S/C19H20N4O/c1-2-6-13(7-3-1)14-10-15(14)17-18-19(21-11-20-17)23(12-22-18)16-8-4-5-9-24-16/h1-3,6-7,11-12,14-16H,4-5,8-10H2/t14-,15+,16?/m1/s1. The van der Waals surface area contributed by atoms with Crippen molar-refractivity contribution in [2.45, 2.75) is 43.7 Å². The zero-order valence-corrected chi connectivity index (χ0v) is 13.5. The summed E-state index contributed by atoms with van der Waals surface area (Å²) in [6.07, 6.45) is 8.13. The largest absolute Gasteiger partial charge is 0.358 e. The minimum Gasteiger partial charge on any atom is -0.358 e. The topological polar surface area (TPSA) is 52.8 Å². The van der Waals surface area contributed by atoms with E-state index in [-0.39, 0.29) is 6.23 Å². The van der Waals surface area contributed by atoms with Gasteiger partial charge in [-0.1, -0.05) is 30.3 Å². The molecule has 1 aliphatic heterocycles. The number of rotatable bonds is 3. The van der Waals surface area contributed by atoms with E-state index in [0.717, 1.165) is 42.7 Å². The quantitative estimate of drug-likeness (QED) is 0.736. The fraction of sp³-hybridized carbons (Fsp3) is 0.421. The van der Waals surface area contributed by atoms with E-state index in [1.54, 1.807) is 6.33 Å². The molecule has 0 amide bonds. The Hall–Kier alpha value is -2.27. The van der Waals surface area contributed by atoms with Gasteiger partial charge < -0.3 is 4.74 Å². The van der Waals surface area contributed by atoms with Gasteiger partial charge in [0.15, 0.2) is 5.65 Å². The fourth-order valence-corrected chi connectivity index (χ4v) is 3.86. The zero-order valence-electron chi connectivity index (χ0n) is 13.5. The number of fused-ring (bicyclic) bond motifs is 1. The van der Waals surface area contributed by atoms with Gasteiger partial charge in [0, 0.05) is 12.5 Å². The van der Waals surface area contributed by atoms with Crippen LogP contribution in [0.25, 0.3) is 11.2 Å². The van der Waals surface area contributed by atoms with E-state index in [4.69, 9.17) is 4.74 Å². The molecule has 1 saturated carbocycles. The van der Waals surface area contributed by atoms with Crippen LogP contribution in [0.3, 0.4) is 0 Å². The lowest BCUT2D eigenvalue weighted by Crippen LogP contribution is -2.17. The van der Waals surface area contributed by atoms with Gasteiger partial charge in [-0.3, -0.25) is 4.57 Å². The summed E-state index contributed by atoms with van der Waals surface area (Å²) in [6, 6.07) is 10.7. The first-order valence-corrected chi connectivity index (χ1v) is 8.76. The minimum absolute atomic E-state index is 0.0654. The summed E-state index contributed by atoms with van der Waals surface area (Å²) >= 11 is 0. The van der Waals surface area contributed by atoms with Crippen LogP contribution in [0.2, 0.25) is 0 Å². The third-order valence-corrected chi connectivity index (χ3v) is 5.22. The first-order chi connectivity index (χ1) is 11.9. The van der Waals surface area contributed by atoms with Gasteiger partial charge in [0.05, 0.1) is 12.0 Å². The molecule has 24 heavy (non-hydrogen) atoms. The van der Waals surface area contributed by atoms with Crippen molar-refractivity contribution in [3.8, 4) is 0 Å². The van der Waals surface area contributed by atoms with E-state index in [1.165, 1.54) is 12.0 Å². The van der Waals surface area contributed by atoms with Crippen LogP contribution in [0.1, 0.15) is 55.0 Å².